The lowest BCUT2D eigenvalue weighted by molar-refractivity contribution is -0.137. The number of aromatic nitrogens is 2. The SMILES string of the molecule is NC(=O)c1nn(-c2c(Cl)cc(C(F)(F)F)cc2Cl)c(N)c1[S@@](=O)C(F)(F)F. The van der Waals surface area contributed by atoms with Crippen LogP contribution in [0.4, 0.5) is 32.2 Å². The van der Waals surface area contributed by atoms with Crippen LogP contribution in [0.15, 0.2) is 17.0 Å². The highest BCUT2D eigenvalue weighted by Gasteiger charge is 2.43. The van der Waals surface area contributed by atoms with Crippen LogP contribution >= 0.6 is 23.2 Å². The van der Waals surface area contributed by atoms with Crippen molar-refractivity contribution in [1.82, 2.24) is 9.78 Å². The maximum atomic E-state index is 12.8. The van der Waals surface area contributed by atoms with Crippen LogP contribution in [0.5, 0.6) is 0 Å². The van der Waals surface area contributed by atoms with Crippen LogP contribution in [0.3, 0.4) is 0 Å². The van der Waals surface area contributed by atoms with Crippen LogP contribution in [0, 0.1) is 0 Å². The summed E-state index contributed by atoms with van der Waals surface area (Å²) in [5.41, 5.74) is 2.19. The number of primary amides is 1. The van der Waals surface area contributed by atoms with Gasteiger partial charge >= 0.3 is 11.7 Å². The number of anilines is 1. The van der Waals surface area contributed by atoms with Crippen LogP contribution < -0.4 is 11.5 Å². The molecular formula is C12H6Cl2F6N4O2S. The molecule has 1 atom stereocenters. The molecule has 2 aromatic rings. The van der Waals surface area contributed by atoms with E-state index in [2.05, 4.69) is 5.10 Å². The maximum absolute atomic E-state index is 12.8. The van der Waals surface area contributed by atoms with Crippen LogP contribution in [-0.2, 0) is 17.0 Å². The third-order valence-corrected chi connectivity index (χ3v) is 4.83. The number of rotatable bonds is 3. The minimum atomic E-state index is -5.32. The molecule has 6 nitrogen and oxygen atoms in total. The van der Waals surface area contributed by atoms with Crippen LogP contribution in [-0.4, -0.2) is 25.4 Å². The van der Waals surface area contributed by atoms with Gasteiger partial charge < -0.3 is 11.5 Å². The summed E-state index contributed by atoms with van der Waals surface area (Å²) in [6.45, 7) is 0. The molecule has 0 saturated heterocycles. The molecule has 148 valence electrons. The molecule has 1 aromatic carbocycles. The second-order valence-electron chi connectivity index (χ2n) is 4.84. The summed E-state index contributed by atoms with van der Waals surface area (Å²) in [5, 5.41) is 2.02. The number of carbonyl (C=O) groups is 1. The first-order chi connectivity index (χ1) is 12.2. The Hall–Kier alpha value is -1.99. The number of carbonyl (C=O) groups excluding carboxylic acids is 1. The molecule has 1 heterocycles. The van der Waals surface area contributed by atoms with E-state index in [-0.39, 0.29) is 0 Å². The van der Waals surface area contributed by atoms with E-state index in [0.29, 0.717) is 16.8 Å². The molecule has 0 radical (unpaired) electrons. The van der Waals surface area contributed by atoms with Gasteiger partial charge in [-0.3, -0.25) is 4.79 Å². The van der Waals surface area contributed by atoms with E-state index >= 15 is 0 Å². The van der Waals surface area contributed by atoms with E-state index in [0.717, 1.165) is 0 Å². The number of nitrogens with zero attached hydrogens (tertiary/aromatic N) is 2. The maximum Gasteiger partial charge on any atom is 0.476 e. The standard InChI is InChI=1S/C12H6Cl2F6N4O2S/c13-4-1-3(11(15,16)17)2-5(14)7(4)24-9(21)8(6(23-24)10(22)25)27(26)12(18,19)20/h1-2H,21H2,(H2,22,25)/t27-/m1/s1. The van der Waals surface area contributed by atoms with E-state index in [4.69, 9.17) is 34.7 Å². The van der Waals surface area contributed by atoms with Crippen molar-refractivity contribution in [2.75, 3.05) is 5.73 Å². The predicted molar refractivity (Wildman–Crippen MR) is 84.0 cm³/mol. The van der Waals surface area contributed by atoms with E-state index in [1.165, 1.54) is 0 Å². The summed E-state index contributed by atoms with van der Waals surface area (Å²) in [5.74, 6) is -2.49. The number of nitrogen functional groups attached to an aromatic ring is 1. The molecule has 0 aliphatic carbocycles. The number of nitrogens with two attached hydrogens (primary N) is 2. The summed E-state index contributed by atoms with van der Waals surface area (Å²) in [6.07, 6.45) is -4.82. The third kappa shape index (κ3) is 3.99. The Bertz CT molecular complexity index is 934. The Morgan fingerprint density at radius 3 is 1.96 bits per heavy atom. The fraction of sp³-hybridized carbons (Fsp3) is 0.167. The lowest BCUT2D eigenvalue weighted by Gasteiger charge is -2.13. The van der Waals surface area contributed by atoms with Gasteiger partial charge in [-0.15, -0.1) is 0 Å². The lowest BCUT2D eigenvalue weighted by atomic mass is 10.2. The van der Waals surface area contributed by atoms with Gasteiger partial charge in [0.1, 0.15) is 16.4 Å². The monoisotopic (exact) mass is 454 g/mol. The highest BCUT2D eigenvalue weighted by Crippen LogP contribution is 2.40. The topological polar surface area (TPSA) is 104 Å². The van der Waals surface area contributed by atoms with Crippen molar-refractivity contribution in [1.29, 1.82) is 0 Å². The van der Waals surface area contributed by atoms with Crippen molar-refractivity contribution in [2.24, 2.45) is 5.73 Å². The average molecular weight is 455 g/mol. The summed E-state index contributed by atoms with van der Waals surface area (Å²) >= 11 is 11.5. The fourth-order valence-corrected chi connectivity index (χ4v) is 3.45. The van der Waals surface area contributed by atoms with E-state index in [1.54, 1.807) is 0 Å². The molecule has 0 aliphatic rings. The Kier molecular flexibility index (Phi) is 5.42. The zero-order chi connectivity index (χ0) is 20.9. The molecule has 0 fully saturated rings. The van der Waals surface area contributed by atoms with Gasteiger partial charge in [0.05, 0.1) is 15.6 Å². The molecule has 0 unspecified atom stereocenters. The second-order valence-corrected chi connectivity index (χ2v) is 7.06. The second kappa shape index (κ2) is 6.87. The van der Waals surface area contributed by atoms with Gasteiger partial charge in [-0.1, -0.05) is 23.2 Å². The fourth-order valence-electron chi connectivity index (χ4n) is 1.98. The van der Waals surface area contributed by atoms with Crippen LogP contribution in [0.1, 0.15) is 16.1 Å². The molecular weight excluding hydrogens is 449 g/mol. The molecule has 27 heavy (non-hydrogen) atoms. The van der Waals surface area contributed by atoms with Gasteiger partial charge in [0.15, 0.2) is 16.5 Å². The van der Waals surface area contributed by atoms with Gasteiger partial charge in [0.2, 0.25) is 0 Å². The first-order valence-electron chi connectivity index (χ1n) is 6.39. The minimum Gasteiger partial charge on any atom is -0.383 e. The summed E-state index contributed by atoms with van der Waals surface area (Å²) in [6, 6.07) is 0.850. The number of hydrogen-bond acceptors (Lipinski definition) is 4. The van der Waals surface area contributed by atoms with Crippen LogP contribution in [0.25, 0.3) is 5.69 Å². The Labute approximate surface area is 158 Å². The highest BCUT2D eigenvalue weighted by molar-refractivity contribution is 7.86. The Morgan fingerprint density at radius 2 is 1.59 bits per heavy atom. The molecule has 0 spiro atoms. The van der Waals surface area contributed by atoms with Crippen LogP contribution in [0.2, 0.25) is 10.0 Å². The number of alkyl halides is 6. The molecule has 0 aliphatic heterocycles. The summed E-state index contributed by atoms with van der Waals surface area (Å²) in [7, 11) is -3.80. The summed E-state index contributed by atoms with van der Waals surface area (Å²) in [4.78, 5) is 10.1. The molecule has 1 aromatic heterocycles. The van der Waals surface area contributed by atoms with Crippen molar-refractivity contribution in [2.45, 2.75) is 16.6 Å². The largest absolute Gasteiger partial charge is 0.476 e. The van der Waals surface area contributed by atoms with Crippen molar-refractivity contribution in [3.8, 4) is 5.69 Å². The number of halogens is 8. The minimum absolute atomic E-state index is 0.365. The third-order valence-electron chi connectivity index (χ3n) is 3.06. The zero-order valence-electron chi connectivity index (χ0n) is 12.5. The van der Waals surface area contributed by atoms with Crippen molar-refractivity contribution in [3.63, 3.8) is 0 Å². The zero-order valence-corrected chi connectivity index (χ0v) is 14.8. The summed E-state index contributed by atoms with van der Waals surface area (Å²) < 4.78 is 88.7. The van der Waals surface area contributed by atoms with Gasteiger partial charge in [-0.05, 0) is 12.1 Å². The molecule has 1 amide bonds. The van der Waals surface area contributed by atoms with E-state index in [1.807, 2.05) is 0 Å². The van der Waals surface area contributed by atoms with Gasteiger partial charge in [0.25, 0.3) is 5.91 Å². The predicted octanol–water partition coefficient (Wildman–Crippen LogP) is 3.51. The molecule has 4 N–H and O–H groups in total. The normalized spacial score (nSPS) is 13.6. The highest BCUT2D eigenvalue weighted by atomic mass is 35.5. The molecule has 2 rings (SSSR count). The Balaban J connectivity index is 2.79. The van der Waals surface area contributed by atoms with Crippen molar-refractivity contribution in [3.05, 3.63) is 33.4 Å². The average Bonchev–Trinajstić information content (AvgIpc) is 2.81. The van der Waals surface area contributed by atoms with E-state index < -0.39 is 66.1 Å². The number of amides is 1. The van der Waals surface area contributed by atoms with Crippen molar-refractivity contribution >= 4 is 45.7 Å². The Morgan fingerprint density at radius 1 is 1.11 bits per heavy atom. The molecule has 15 heteroatoms. The van der Waals surface area contributed by atoms with Gasteiger partial charge in [0, 0.05) is 0 Å². The van der Waals surface area contributed by atoms with E-state index in [9.17, 15) is 35.3 Å². The number of benzene rings is 1. The first kappa shape index (κ1) is 21.3. The lowest BCUT2D eigenvalue weighted by Crippen LogP contribution is -2.21. The number of hydrogen-bond donors (Lipinski definition) is 2. The first-order valence-corrected chi connectivity index (χ1v) is 8.30. The quantitative estimate of drug-likeness (QED) is 0.692. The van der Waals surface area contributed by atoms with Gasteiger partial charge in [-0.25, -0.2) is 8.89 Å². The molecule has 0 bridgehead atoms. The van der Waals surface area contributed by atoms with Gasteiger partial charge in [-0.2, -0.15) is 31.4 Å². The smallest absolute Gasteiger partial charge is 0.383 e. The molecule has 0 saturated carbocycles. The van der Waals surface area contributed by atoms with Crippen molar-refractivity contribution < 1.29 is 35.3 Å².